The lowest BCUT2D eigenvalue weighted by molar-refractivity contribution is -0.142. The van der Waals surface area contributed by atoms with E-state index in [1.807, 2.05) is 31.2 Å². The summed E-state index contributed by atoms with van der Waals surface area (Å²) in [7, 11) is 0. The SMILES string of the molecule is Cc1ccc(OCCN2CC(O)CC2C(=O)O)cc1. The largest absolute Gasteiger partial charge is 0.492 e. The number of likely N-dealkylation sites (tertiary alicyclic amines) is 1. The van der Waals surface area contributed by atoms with Gasteiger partial charge in [-0.15, -0.1) is 0 Å². The lowest BCUT2D eigenvalue weighted by atomic mass is 10.2. The minimum absolute atomic E-state index is 0.292. The highest BCUT2D eigenvalue weighted by atomic mass is 16.5. The van der Waals surface area contributed by atoms with E-state index in [1.54, 1.807) is 4.90 Å². The molecule has 5 heteroatoms. The van der Waals surface area contributed by atoms with Crippen molar-refractivity contribution in [1.82, 2.24) is 4.90 Å². The number of hydrogen-bond acceptors (Lipinski definition) is 4. The number of ether oxygens (including phenoxy) is 1. The summed E-state index contributed by atoms with van der Waals surface area (Å²) in [6.45, 7) is 3.32. The normalized spacial score (nSPS) is 23.5. The van der Waals surface area contributed by atoms with E-state index in [0.29, 0.717) is 26.1 Å². The molecule has 1 fully saturated rings. The second-order valence-corrected chi connectivity index (χ2v) is 4.90. The molecule has 19 heavy (non-hydrogen) atoms. The fourth-order valence-corrected chi connectivity index (χ4v) is 2.30. The van der Waals surface area contributed by atoms with Gasteiger partial charge in [-0.3, -0.25) is 9.69 Å². The van der Waals surface area contributed by atoms with Gasteiger partial charge in [-0.2, -0.15) is 0 Å². The standard InChI is InChI=1S/C14H19NO4/c1-10-2-4-12(5-3-10)19-7-6-15-9-11(16)8-13(15)14(17)18/h2-5,11,13,16H,6-9H2,1H3,(H,17,18). The van der Waals surface area contributed by atoms with Gasteiger partial charge in [0.1, 0.15) is 18.4 Å². The third kappa shape index (κ3) is 3.68. The van der Waals surface area contributed by atoms with Gasteiger partial charge in [0.15, 0.2) is 0 Å². The van der Waals surface area contributed by atoms with Gasteiger partial charge in [-0.1, -0.05) is 17.7 Å². The van der Waals surface area contributed by atoms with Crippen LogP contribution in [0.15, 0.2) is 24.3 Å². The Hall–Kier alpha value is -1.59. The predicted octanol–water partition coefficient (Wildman–Crippen LogP) is 0.894. The second-order valence-electron chi connectivity index (χ2n) is 4.90. The number of aliphatic hydroxyl groups excluding tert-OH is 1. The highest BCUT2D eigenvalue weighted by molar-refractivity contribution is 5.74. The Morgan fingerprint density at radius 3 is 2.74 bits per heavy atom. The van der Waals surface area contributed by atoms with Crippen LogP contribution in [-0.2, 0) is 4.79 Å². The summed E-state index contributed by atoms with van der Waals surface area (Å²) in [6, 6.07) is 7.12. The summed E-state index contributed by atoms with van der Waals surface area (Å²) in [4.78, 5) is 12.8. The van der Waals surface area contributed by atoms with E-state index in [1.165, 1.54) is 5.56 Å². The Kier molecular flexibility index (Phi) is 4.39. The molecule has 1 aliphatic rings. The van der Waals surface area contributed by atoms with Crippen LogP contribution in [0.5, 0.6) is 5.75 Å². The van der Waals surface area contributed by atoms with Crippen LogP contribution >= 0.6 is 0 Å². The molecule has 1 aromatic rings. The second kappa shape index (κ2) is 6.04. The van der Waals surface area contributed by atoms with Crippen LogP contribution in [-0.4, -0.2) is 52.9 Å². The molecule has 2 N–H and O–H groups in total. The third-order valence-electron chi connectivity index (χ3n) is 3.33. The molecule has 104 valence electrons. The monoisotopic (exact) mass is 265 g/mol. The van der Waals surface area contributed by atoms with E-state index in [2.05, 4.69) is 0 Å². The molecule has 2 atom stereocenters. The van der Waals surface area contributed by atoms with Crippen molar-refractivity contribution >= 4 is 5.97 Å². The molecule has 5 nitrogen and oxygen atoms in total. The average molecular weight is 265 g/mol. The molecule has 0 amide bonds. The first kappa shape index (κ1) is 13.8. The minimum atomic E-state index is -0.883. The zero-order valence-corrected chi connectivity index (χ0v) is 11.0. The molecule has 1 heterocycles. The minimum Gasteiger partial charge on any atom is -0.492 e. The first-order chi connectivity index (χ1) is 9.06. The molecule has 2 rings (SSSR count). The number of aliphatic hydroxyl groups is 1. The molecule has 1 aliphatic heterocycles. The van der Waals surface area contributed by atoms with Crippen molar-refractivity contribution in [3.8, 4) is 5.75 Å². The van der Waals surface area contributed by atoms with Gasteiger partial charge in [0, 0.05) is 19.5 Å². The lowest BCUT2D eigenvalue weighted by Crippen LogP contribution is -2.38. The molecular formula is C14H19NO4. The molecule has 0 radical (unpaired) electrons. The Bertz CT molecular complexity index is 432. The number of rotatable bonds is 5. The summed E-state index contributed by atoms with van der Waals surface area (Å²) < 4.78 is 5.57. The molecule has 0 saturated carbocycles. The van der Waals surface area contributed by atoms with Gasteiger partial charge in [-0.25, -0.2) is 0 Å². The first-order valence-electron chi connectivity index (χ1n) is 6.40. The number of carboxylic acids is 1. The maximum atomic E-state index is 11.0. The van der Waals surface area contributed by atoms with Crippen molar-refractivity contribution in [3.05, 3.63) is 29.8 Å². The first-order valence-corrected chi connectivity index (χ1v) is 6.40. The van der Waals surface area contributed by atoms with E-state index in [-0.39, 0.29) is 0 Å². The third-order valence-corrected chi connectivity index (χ3v) is 3.33. The molecule has 0 bridgehead atoms. The quantitative estimate of drug-likeness (QED) is 0.827. The molecular weight excluding hydrogens is 246 g/mol. The van der Waals surface area contributed by atoms with Gasteiger partial charge >= 0.3 is 5.97 Å². The van der Waals surface area contributed by atoms with Gasteiger partial charge in [0.25, 0.3) is 0 Å². The average Bonchev–Trinajstić information content (AvgIpc) is 2.73. The number of aryl methyl sites for hydroxylation is 1. The van der Waals surface area contributed by atoms with Crippen LogP contribution in [0.25, 0.3) is 0 Å². The summed E-state index contributed by atoms with van der Waals surface area (Å²) >= 11 is 0. The molecule has 0 spiro atoms. The highest BCUT2D eigenvalue weighted by Gasteiger charge is 2.35. The molecule has 1 saturated heterocycles. The van der Waals surface area contributed by atoms with E-state index < -0.39 is 18.1 Å². The number of carbonyl (C=O) groups is 1. The smallest absolute Gasteiger partial charge is 0.321 e. The maximum absolute atomic E-state index is 11.0. The highest BCUT2D eigenvalue weighted by Crippen LogP contribution is 2.18. The maximum Gasteiger partial charge on any atom is 0.321 e. The van der Waals surface area contributed by atoms with Crippen LogP contribution < -0.4 is 4.74 Å². The van der Waals surface area contributed by atoms with E-state index >= 15 is 0 Å². The van der Waals surface area contributed by atoms with Crippen LogP contribution in [0.4, 0.5) is 0 Å². The van der Waals surface area contributed by atoms with Crippen molar-refractivity contribution in [2.24, 2.45) is 0 Å². The molecule has 1 aromatic carbocycles. The fourth-order valence-electron chi connectivity index (χ4n) is 2.30. The summed E-state index contributed by atoms with van der Waals surface area (Å²) in [5.41, 5.74) is 1.17. The fraction of sp³-hybridized carbons (Fsp3) is 0.500. The number of β-amino-alcohol motifs (C(OH)–C–C–N with tert-alkyl or cyclic N) is 1. The predicted molar refractivity (Wildman–Crippen MR) is 70.3 cm³/mol. The van der Waals surface area contributed by atoms with Crippen molar-refractivity contribution < 1.29 is 19.7 Å². The van der Waals surface area contributed by atoms with Crippen molar-refractivity contribution in [2.75, 3.05) is 19.7 Å². The van der Waals surface area contributed by atoms with Crippen LogP contribution in [0.2, 0.25) is 0 Å². The molecule has 0 aliphatic carbocycles. The van der Waals surface area contributed by atoms with E-state index in [9.17, 15) is 9.90 Å². The van der Waals surface area contributed by atoms with Gasteiger partial charge in [-0.05, 0) is 19.1 Å². The molecule has 2 unspecified atom stereocenters. The summed E-state index contributed by atoms with van der Waals surface area (Å²) in [5.74, 6) is -0.107. The topological polar surface area (TPSA) is 70.0 Å². The zero-order chi connectivity index (χ0) is 13.8. The van der Waals surface area contributed by atoms with Crippen molar-refractivity contribution in [2.45, 2.75) is 25.5 Å². The van der Waals surface area contributed by atoms with Crippen molar-refractivity contribution in [3.63, 3.8) is 0 Å². The number of hydrogen-bond donors (Lipinski definition) is 2. The number of nitrogens with zero attached hydrogens (tertiary/aromatic N) is 1. The summed E-state index contributed by atoms with van der Waals surface area (Å²) in [6.07, 6.45) is -0.264. The van der Waals surface area contributed by atoms with Crippen LogP contribution in [0.1, 0.15) is 12.0 Å². The van der Waals surface area contributed by atoms with Gasteiger partial charge in [0.05, 0.1) is 6.10 Å². The van der Waals surface area contributed by atoms with Crippen LogP contribution in [0.3, 0.4) is 0 Å². The summed E-state index contributed by atoms with van der Waals surface area (Å²) in [5, 5.41) is 18.6. The van der Waals surface area contributed by atoms with E-state index in [4.69, 9.17) is 9.84 Å². The number of benzene rings is 1. The van der Waals surface area contributed by atoms with Crippen molar-refractivity contribution in [1.29, 1.82) is 0 Å². The Morgan fingerprint density at radius 2 is 2.11 bits per heavy atom. The lowest BCUT2D eigenvalue weighted by Gasteiger charge is -2.20. The Morgan fingerprint density at radius 1 is 1.42 bits per heavy atom. The number of carboxylic acid groups (broad SMARTS) is 1. The van der Waals surface area contributed by atoms with E-state index in [0.717, 1.165) is 5.75 Å². The zero-order valence-electron chi connectivity index (χ0n) is 11.0. The Balaban J connectivity index is 1.81. The Labute approximate surface area is 112 Å². The van der Waals surface area contributed by atoms with Gasteiger partial charge in [0.2, 0.25) is 0 Å². The van der Waals surface area contributed by atoms with Crippen LogP contribution in [0, 0.1) is 6.92 Å². The molecule has 0 aromatic heterocycles. The van der Waals surface area contributed by atoms with Gasteiger partial charge < -0.3 is 14.9 Å². The number of aliphatic carboxylic acids is 1.